The Bertz CT molecular complexity index is 1710. The molecule has 38 heavy (non-hydrogen) atoms. The molecule has 0 bridgehead atoms. The van der Waals surface area contributed by atoms with Crippen molar-refractivity contribution in [3.05, 3.63) is 77.0 Å². The number of benzene rings is 2. The van der Waals surface area contributed by atoms with Gasteiger partial charge in [-0.1, -0.05) is 13.0 Å². The molecule has 1 amide bonds. The number of amides is 1. The number of rotatable bonds is 8. The standard InChI is InChI=1S/C25H23F2N5O5S/c1-14(23(33)28-2)12-32-13-30-20-7-4-15(8-18(20)25(32)34)16-9-21(24(37-3)29-11-16)31-38(35,36)22-10-17(26)5-6-19(22)27/h4-11,13-14,31H,12H2,1-3H3,(H,28,33). The molecule has 1 unspecified atom stereocenters. The second-order valence-corrected chi connectivity index (χ2v) is 10.1. The zero-order valence-corrected chi connectivity index (χ0v) is 21.3. The molecule has 2 aromatic heterocycles. The molecule has 0 aliphatic rings. The van der Waals surface area contributed by atoms with Gasteiger partial charge in [-0.15, -0.1) is 0 Å². The summed E-state index contributed by atoms with van der Waals surface area (Å²) in [4.78, 5) is 32.5. The van der Waals surface area contributed by atoms with Gasteiger partial charge in [-0.05, 0) is 42.0 Å². The minimum atomic E-state index is -4.55. The Kier molecular flexibility index (Phi) is 7.39. The molecule has 0 fully saturated rings. The predicted molar refractivity (Wildman–Crippen MR) is 136 cm³/mol. The van der Waals surface area contributed by atoms with E-state index in [1.165, 1.54) is 37.3 Å². The van der Waals surface area contributed by atoms with E-state index in [-0.39, 0.29) is 35.0 Å². The molecule has 0 aliphatic carbocycles. The van der Waals surface area contributed by atoms with Crippen LogP contribution in [-0.4, -0.2) is 43.0 Å². The molecule has 2 N–H and O–H groups in total. The van der Waals surface area contributed by atoms with Gasteiger partial charge in [-0.3, -0.25) is 18.9 Å². The number of carbonyl (C=O) groups excluding carboxylic acids is 1. The average Bonchev–Trinajstić information content (AvgIpc) is 2.90. The minimum absolute atomic E-state index is 0.109. The average molecular weight is 544 g/mol. The van der Waals surface area contributed by atoms with E-state index in [1.54, 1.807) is 25.1 Å². The lowest BCUT2D eigenvalue weighted by atomic mass is 10.0. The molecule has 0 spiro atoms. The molecule has 13 heteroatoms. The molecule has 0 saturated carbocycles. The summed E-state index contributed by atoms with van der Waals surface area (Å²) in [6.45, 7) is 1.81. The van der Waals surface area contributed by atoms with Crippen molar-refractivity contribution in [1.29, 1.82) is 0 Å². The minimum Gasteiger partial charge on any atom is -0.480 e. The monoisotopic (exact) mass is 543 g/mol. The summed E-state index contributed by atoms with van der Waals surface area (Å²) in [6.07, 6.45) is 2.78. The number of anilines is 1. The van der Waals surface area contributed by atoms with Crippen molar-refractivity contribution in [2.45, 2.75) is 18.4 Å². The number of aromatic nitrogens is 3. The number of ether oxygens (including phenoxy) is 1. The number of methoxy groups -OCH3 is 1. The maximum absolute atomic E-state index is 14.2. The highest BCUT2D eigenvalue weighted by molar-refractivity contribution is 7.92. The zero-order chi connectivity index (χ0) is 27.6. The number of sulfonamides is 1. The van der Waals surface area contributed by atoms with Crippen molar-refractivity contribution in [1.82, 2.24) is 19.9 Å². The predicted octanol–water partition coefficient (Wildman–Crippen LogP) is 2.93. The molecule has 1 atom stereocenters. The van der Waals surface area contributed by atoms with Crippen LogP contribution >= 0.6 is 0 Å². The van der Waals surface area contributed by atoms with Gasteiger partial charge in [0.25, 0.3) is 15.6 Å². The van der Waals surface area contributed by atoms with Gasteiger partial charge in [-0.25, -0.2) is 27.2 Å². The van der Waals surface area contributed by atoms with Gasteiger partial charge in [0.1, 0.15) is 22.2 Å². The Balaban J connectivity index is 1.74. The maximum atomic E-state index is 14.2. The smallest absolute Gasteiger partial charge is 0.265 e. The lowest BCUT2D eigenvalue weighted by molar-refractivity contribution is -0.124. The zero-order valence-electron chi connectivity index (χ0n) is 20.5. The second kappa shape index (κ2) is 10.5. The topological polar surface area (TPSA) is 132 Å². The Morgan fingerprint density at radius 1 is 1.11 bits per heavy atom. The highest BCUT2D eigenvalue weighted by Crippen LogP contribution is 2.31. The first-order chi connectivity index (χ1) is 18.0. The first-order valence-electron chi connectivity index (χ1n) is 11.3. The van der Waals surface area contributed by atoms with Crippen LogP contribution in [0, 0.1) is 17.6 Å². The van der Waals surface area contributed by atoms with Crippen LogP contribution in [-0.2, 0) is 21.4 Å². The van der Waals surface area contributed by atoms with E-state index in [1.807, 2.05) is 0 Å². The van der Waals surface area contributed by atoms with Gasteiger partial charge < -0.3 is 10.1 Å². The summed E-state index contributed by atoms with van der Waals surface area (Å²) in [5.41, 5.74) is 0.833. The van der Waals surface area contributed by atoms with Gasteiger partial charge in [0.15, 0.2) is 0 Å². The number of pyridine rings is 1. The maximum Gasteiger partial charge on any atom is 0.265 e. The fourth-order valence-electron chi connectivity index (χ4n) is 3.82. The Labute approximate surface area is 216 Å². The lowest BCUT2D eigenvalue weighted by Gasteiger charge is -2.14. The summed E-state index contributed by atoms with van der Waals surface area (Å²) < 4.78 is 62.1. The van der Waals surface area contributed by atoms with E-state index in [0.29, 0.717) is 28.8 Å². The van der Waals surface area contributed by atoms with Gasteiger partial charge >= 0.3 is 0 Å². The first-order valence-corrected chi connectivity index (χ1v) is 12.8. The quantitative estimate of drug-likeness (QED) is 0.349. The normalized spacial score (nSPS) is 12.2. The lowest BCUT2D eigenvalue weighted by Crippen LogP contribution is -2.32. The number of nitrogens with one attached hydrogen (secondary N) is 2. The van der Waals surface area contributed by atoms with Gasteiger partial charge in [0, 0.05) is 25.4 Å². The summed E-state index contributed by atoms with van der Waals surface area (Å²) in [5.74, 6) is -2.86. The van der Waals surface area contributed by atoms with Gasteiger partial charge in [0.2, 0.25) is 11.8 Å². The van der Waals surface area contributed by atoms with Crippen molar-refractivity contribution in [3.8, 4) is 17.0 Å². The Hall–Kier alpha value is -4.39. The van der Waals surface area contributed by atoms with Crippen molar-refractivity contribution in [3.63, 3.8) is 0 Å². The molecular formula is C25H23F2N5O5S. The molecule has 2 heterocycles. The van der Waals surface area contributed by atoms with E-state index in [4.69, 9.17) is 4.74 Å². The number of fused-ring (bicyclic) bond motifs is 1. The summed E-state index contributed by atoms with van der Waals surface area (Å²) in [5, 5.41) is 2.81. The van der Waals surface area contributed by atoms with Crippen LogP contribution in [0.3, 0.4) is 0 Å². The van der Waals surface area contributed by atoms with Gasteiger partial charge in [0.05, 0.1) is 30.3 Å². The van der Waals surface area contributed by atoms with Crippen LogP contribution in [0.2, 0.25) is 0 Å². The fraction of sp³-hybridized carbons (Fsp3) is 0.200. The number of carbonyl (C=O) groups is 1. The number of hydrogen-bond acceptors (Lipinski definition) is 7. The van der Waals surface area contributed by atoms with Crippen LogP contribution in [0.15, 0.2) is 64.7 Å². The fourth-order valence-corrected chi connectivity index (χ4v) is 4.96. The van der Waals surface area contributed by atoms with E-state index < -0.39 is 32.5 Å². The third kappa shape index (κ3) is 5.32. The van der Waals surface area contributed by atoms with Crippen molar-refractivity contribution >= 4 is 32.5 Å². The molecule has 0 aliphatic heterocycles. The highest BCUT2D eigenvalue weighted by Gasteiger charge is 2.23. The third-order valence-corrected chi connectivity index (χ3v) is 7.17. The first kappa shape index (κ1) is 26.7. The Morgan fingerprint density at radius 3 is 2.58 bits per heavy atom. The van der Waals surface area contributed by atoms with E-state index >= 15 is 0 Å². The van der Waals surface area contributed by atoms with Crippen LogP contribution in [0.25, 0.3) is 22.0 Å². The van der Waals surface area contributed by atoms with E-state index in [2.05, 4.69) is 20.0 Å². The molecule has 0 saturated heterocycles. The summed E-state index contributed by atoms with van der Waals surface area (Å²) >= 11 is 0. The van der Waals surface area contributed by atoms with Crippen LogP contribution < -0.4 is 20.3 Å². The van der Waals surface area contributed by atoms with E-state index in [0.717, 1.165) is 6.07 Å². The summed E-state index contributed by atoms with van der Waals surface area (Å²) in [6, 6.07) is 8.33. The largest absolute Gasteiger partial charge is 0.480 e. The highest BCUT2D eigenvalue weighted by atomic mass is 32.2. The van der Waals surface area contributed by atoms with Crippen molar-refractivity contribution in [2.24, 2.45) is 5.92 Å². The summed E-state index contributed by atoms with van der Waals surface area (Å²) in [7, 11) is -1.76. The molecule has 0 radical (unpaired) electrons. The molecule has 10 nitrogen and oxygen atoms in total. The molecule has 2 aromatic carbocycles. The number of nitrogens with zero attached hydrogens (tertiary/aromatic N) is 3. The van der Waals surface area contributed by atoms with E-state index in [9.17, 15) is 26.8 Å². The number of hydrogen-bond donors (Lipinski definition) is 2. The SMILES string of the molecule is CNC(=O)C(C)Cn1cnc2ccc(-c3cnc(OC)c(NS(=O)(=O)c4cc(F)ccc4F)c3)cc2c1=O. The van der Waals surface area contributed by atoms with Gasteiger partial charge in [-0.2, -0.15) is 0 Å². The Morgan fingerprint density at radius 2 is 1.87 bits per heavy atom. The van der Waals surface area contributed by atoms with Crippen molar-refractivity contribution < 1.29 is 26.7 Å². The van der Waals surface area contributed by atoms with Crippen LogP contribution in [0.4, 0.5) is 14.5 Å². The molecule has 4 aromatic rings. The molecular weight excluding hydrogens is 520 g/mol. The third-order valence-electron chi connectivity index (χ3n) is 5.79. The van der Waals surface area contributed by atoms with Crippen LogP contribution in [0.1, 0.15) is 6.92 Å². The molecule has 198 valence electrons. The molecule has 4 rings (SSSR count). The van der Waals surface area contributed by atoms with Crippen molar-refractivity contribution in [2.75, 3.05) is 18.9 Å². The second-order valence-electron chi connectivity index (χ2n) is 8.41. The van der Waals surface area contributed by atoms with Crippen LogP contribution in [0.5, 0.6) is 5.88 Å². The number of halogens is 2.